The first-order valence-electron chi connectivity index (χ1n) is 6.53. The number of anilines is 2. The Kier molecular flexibility index (Phi) is 3.58. The Morgan fingerprint density at radius 2 is 1.79 bits per heavy atom. The molecule has 1 aliphatic rings. The van der Waals surface area contributed by atoms with Crippen LogP contribution in [0.5, 0.6) is 0 Å². The normalized spacial score (nSPS) is 16.0. The molecule has 2 aromatic carbocycles. The van der Waals surface area contributed by atoms with Crippen LogP contribution in [0.25, 0.3) is 0 Å². The highest BCUT2D eigenvalue weighted by atomic mass is 79.9. The van der Waals surface area contributed by atoms with Crippen molar-refractivity contribution < 1.29 is 0 Å². The molecule has 0 aromatic heterocycles. The number of halogens is 1. The van der Waals surface area contributed by atoms with Gasteiger partial charge < -0.3 is 9.80 Å². The van der Waals surface area contributed by atoms with Gasteiger partial charge in [0.15, 0.2) is 0 Å². The third kappa shape index (κ3) is 2.67. The summed E-state index contributed by atoms with van der Waals surface area (Å²) in [5, 5.41) is 0. The maximum absolute atomic E-state index is 3.57. The van der Waals surface area contributed by atoms with Gasteiger partial charge in [-0.05, 0) is 42.9 Å². The SMILES string of the molecule is CN1CCN(c2ccccc2)c2ccc(Br)cc2C1. The van der Waals surface area contributed by atoms with Crippen molar-refractivity contribution in [1.82, 2.24) is 4.90 Å². The van der Waals surface area contributed by atoms with Gasteiger partial charge in [0, 0.05) is 35.5 Å². The summed E-state index contributed by atoms with van der Waals surface area (Å²) in [5.74, 6) is 0. The molecule has 0 aliphatic carbocycles. The van der Waals surface area contributed by atoms with E-state index in [-0.39, 0.29) is 0 Å². The van der Waals surface area contributed by atoms with Crippen LogP contribution in [0.15, 0.2) is 53.0 Å². The largest absolute Gasteiger partial charge is 0.340 e. The Labute approximate surface area is 122 Å². The molecule has 0 spiro atoms. The van der Waals surface area contributed by atoms with Crippen molar-refractivity contribution in [3.8, 4) is 0 Å². The highest BCUT2D eigenvalue weighted by Crippen LogP contribution is 2.32. The minimum absolute atomic E-state index is 0.998. The minimum atomic E-state index is 0.998. The van der Waals surface area contributed by atoms with Crippen molar-refractivity contribution in [2.45, 2.75) is 6.54 Å². The monoisotopic (exact) mass is 316 g/mol. The summed E-state index contributed by atoms with van der Waals surface area (Å²) < 4.78 is 1.15. The topological polar surface area (TPSA) is 6.48 Å². The molecule has 0 unspecified atom stereocenters. The molecular formula is C16H17BrN2. The molecule has 98 valence electrons. The van der Waals surface area contributed by atoms with Gasteiger partial charge in [-0.3, -0.25) is 0 Å². The van der Waals surface area contributed by atoms with Crippen LogP contribution in [0, 0.1) is 0 Å². The Morgan fingerprint density at radius 1 is 1.00 bits per heavy atom. The van der Waals surface area contributed by atoms with Gasteiger partial charge in [-0.2, -0.15) is 0 Å². The van der Waals surface area contributed by atoms with Gasteiger partial charge in [-0.15, -0.1) is 0 Å². The molecule has 0 radical (unpaired) electrons. The lowest BCUT2D eigenvalue weighted by molar-refractivity contribution is 0.343. The van der Waals surface area contributed by atoms with E-state index < -0.39 is 0 Å². The van der Waals surface area contributed by atoms with Gasteiger partial charge >= 0.3 is 0 Å². The summed E-state index contributed by atoms with van der Waals surface area (Å²) in [6.07, 6.45) is 0. The second kappa shape index (κ2) is 5.35. The first-order chi connectivity index (χ1) is 9.24. The van der Waals surface area contributed by atoms with Gasteiger partial charge in [0.05, 0.1) is 0 Å². The van der Waals surface area contributed by atoms with Crippen LogP contribution < -0.4 is 4.90 Å². The van der Waals surface area contributed by atoms with Crippen LogP contribution in [0.2, 0.25) is 0 Å². The van der Waals surface area contributed by atoms with Crippen LogP contribution in [0.1, 0.15) is 5.56 Å². The van der Waals surface area contributed by atoms with Crippen molar-refractivity contribution in [2.24, 2.45) is 0 Å². The number of nitrogens with zero attached hydrogens (tertiary/aromatic N) is 2. The lowest BCUT2D eigenvalue weighted by Gasteiger charge is -2.25. The van der Waals surface area contributed by atoms with E-state index in [1.807, 2.05) is 0 Å². The van der Waals surface area contributed by atoms with Crippen LogP contribution in [-0.2, 0) is 6.54 Å². The quantitative estimate of drug-likeness (QED) is 0.783. The van der Waals surface area contributed by atoms with Gasteiger partial charge in [-0.25, -0.2) is 0 Å². The smallest absolute Gasteiger partial charge is 0.0457 e. The number of rotatable bonds is 1. The van der Waals surface area contributed by atoms with E-state index in [4.69, 9.17) is 0 Å². The van der Waals surface area contributed by atoms with Crippen molar-refractivity contribution in [2.75, 3.05) is 25.0 Å². The van der Waals surface area contributed by atoms with Crippen molar-refractivity contribution >= 4 is 27.3 Å². The summed E-state index contributed by atoms with van der Waals surface area (Å²) in [7, 11) is 2.18. The predicted octanol–water partition coefficient (Wildman–Crippen LogP) is 4.03. The molecule has 2 aromatic rings. The van der Waals surface area contributed by atoms with Crippen LogP contribution >= 0.6 is 15.9 Å². The first kappa shape index (κ1) is 12.7. The van der Waals surface area contributed by atoms with Crippen LogP contribution in [0.3, 0.4) is 0 Å². The zero-order valence-electron chi connectivity index (χ0n) is 11.0. The lowest BCUT2D eigenvalue weighted by Crippen LogP contribution is -2.26. The number of fused-ring (bicyclic) bond motifs is 1. The Bertz CT molecular complexity index is 568. The highest BCUT2D eigenvalue weighted by Gasteiger charge is 2.18. The fourth-order valence-corrected chi connectivity index (χ4v) is 2.99. The molecule has 0 N–H and O–H groups in total. The molecule has 3 heteroatoms. The third-order valence-electron chi connectivity index (χ3n) is 3.55. The summed E-state index contributed by atoms with van der Waals surface area (Å²) in [4.78, 5) is 4.78. The zero-order valence-corrected chi connectivity index (χ0v) is 12.6. The van der Waals surface area contributed by atoms with E-state index in [1.165, 1.54) is 16.9 Å². The Hall–Kier alpha value is -1.32. The number of benzene rings is 2. The van der Waals surface area contributed by atoms with E-state index in [1.54, 1.807) is 0 Å². The molecule has 19 heavy (non-hydrogen) atoms. The first-order valence-corrected chi connectivity index (χ1v) is 7.33. The van der Waals surface area contributed by atoms with E-state index >= 15 is 0 Å². The molecule has 2 nitrogen and oxygen atoms in total. The molecule has 0 bridgehead atoms. The number of hydrogen-bond acceptors (Lipinski definition) is 2. The average molecular weight is 317 g/mol. The third-order valence-corrected chi connectivity index (χ3v) is 4.04. The van der Waals surface area contributed by atoms with Crippen LogP contribution in [-0.4, -0.2) is 25.0 Å². The number of para-hydroxylation sites is 1. The molecule has 3 rings (SSSR count). The van der Waals surface area contributed by atoms with Gasteiger partial charge in [0.1, 0.15) is 0 Å². The molecule has 0 atom stereocenters. The van der Waals surface area contributed by atoms with E-state index in [0.29, 0.717) is 0 Å². The summed E-state index contributed by atoms with van der Waals surface area (Å²) in [5.41, 5.74) is 3.96. The van der Waals surface area contributed by atoms with E-state index in [9.17, 15) is 0 Å². The van der Waals surface area contributed by atoms with Crippen molar-refractivity contribution in [3.63, 3.8) is 0 Å². The van der Waals surface area contributed by atoms with Gasteiger partial charge in [0.2, 0.25) is 0 Å². The summed E-state index contributed by atoms with van der Waals surface area (Å²) in [6, 6.07) is 17.2. The Balaban J connectivity index is 2.07. The Morgan fingerprint density at radius 3 is 2.58 bits per heavy atom. The lowest BCUT2D eigenvalue weighted by atomic mass is 10.1. The molecule has 1 heterocycles. The molecule has 0 saturated heterocycles. The van der Waals surface area contributed by atoms with Crippen molar-refractivity contribution in [1.29, 1.82) is 0 Å². The van der Waals surface area contributed by atoms with Gasteiger partial charge in [0.25, 0.3) is 0 Å². The molecule has 0 fully saturated rings. The average Bonchev–Trinajstić information content (AvgIpc) is 2.57. The molecule has 0 saturated carbocycles. The zero-order chi connectivity index (χ0) is 13.2. The summed E-state index contributed by atoms with van der Waals surface area (Å²) in [6.45, 7) is 3.09. The van der Waals surface area contributed by atoms with E-state index in [0.717, 1.165) is 24.1 Å². The standard InChI is InChI=1S/C16H17BrN2/c1-18-9-10-19(15-5-3-2-4-6-15)16-8-7-14(17)11-13(16)12-18/h2-8,11H,9-10,12H2,1H3. The van der Waals surface area contributed by atoms with Gasteiger partial charge in [-0.1, -0.05) is 34.1 Å². The maximum atomic E-state index is 3.57. The van der Waals surface area contributed by atoms with Crippen molar-refractivity contribution in [3.05, 3.63) is 58.6 Å². The fraction of sp³-hybridized carbons (Fsp3) is 0.250. The molecule has 0 amide bonds. The minimum Gasteiger partial charge on any atom is -0.340 e. The predicted molar refractivity (Wildman–Crippen MR) is 83.9 cm³/mol. The fourth-order valence-electron chi connectivity index (χ4n) is 2.58. The second-order valence-electron chi connectivity index (χ2n) is 5.00. The van der Waals surface area contributed by atoms with E-state index in [2.05, 4.69) is 81.3 Å². The molecular weight excluding hydrogens is 300 g/mol. The highest BCUT2D eigenvalue weighted by molar-refractivity contribution is 9.10. The summed E-state index contributed by atoms with van der Waals surface area (Å²) >= 11 is 3.57. The molecule has 1 aliphatic heterocycles. The maximum Gasteiger partial charge on any atom is 0.0457 e. The number of likely N-dealkylation sites (N-methyl/N-ethyl adjacent to an activating group) is 1. The second-order valence-corrected chi connectivity index (χ2v) is 5.91. The number of hydrogen-bond donors (Lipinski definition) is 0. The van der Waals surface area contributed by atoms with Crippen LogP contribution in [0.4, 0.5) is 11.4 Å².